The summed E-state index contributed by atoms with van der Waals surface area (Å²) in [5, 5.41) is 0. The number of ether oxygens (including phenoxy) is 1. The minimum Gasteiger partial charge on any atom is -0.496 e. The zero-order valence-corrected chi connectivity index (χ0v) is 12.3. The van der Waals surface area contributed by atoms with Crippen LogP contribution in [0.4, 0.5) is 0 Å². The molecule has 0 fully saturated rings. The third kappa shape index (κ3) is 3.47. The average Bonchev–Trinajstić information content (AvgIpc) is 2.43. The van der Waals surface area contributed by atoms with E-state index in [4.69, 9.17) is 4.74 Å². The van der Waals surface area contributed by atoms with Crippen molar-refractivity contribution in [1.82, 2.24) is 0 Å². The predicted octanol–water partition coefficient (Wildman–Crippen LogP) is 3.67. The van der Waals surface area contributed by atoms with E-state index >= 15 is 0 Å². The van der Waals surface area contributed by atoms with Crippen LogP contribution in [0.15, 0.2) is 42.5 Å². The molecule has 0 aliphatic rings. The second-order valence-electron chi connectivity index (χ2n) is 5.12. The van der Waals surface area contributed by atoms with Crippen molar-refractivity contribution in [2.24, 2.45) is 0 Å². The van der Waals surface area contributed by atoms with Gasteiger partial charge in [-0.1, -0.05) is 36.4 Å². The monoisotopic (exact) mass is 268 g/mol. The maximum absolute atomic E-state index is 12.2. The summed E-state index contributed by atoms with van der Waals surface area (Å²) >= 11 is 0. The summed E-state index contributed by atoms with van der Waals surface area (Å²) in [7, 11) is 1.63. The molecular formula is C18H20O2. The lowest BCUT2D eigenvalue weighted by atomic mass is 9.99. The van der Waals surface area contributed by atoms with E-state index in [1.54, 1.807) is 7.11 Å². The molecule has 2 aromatic rings. The van der Waals surface area contributed by atoms with Crippen molar-refractivity contribution in [3.05, 3.63) is 64.7 Å². The van der Waals surface area contributed by atoms with Crippen molar-refractivity contribution in [1.29, 1.82) is 0 Å². The Hall–Kier alpha value is -2.09. The molecule has 0 saturated heterocycles. The van der Waals surface area contributed by atoms with Crippen molar-refractivity contribution in [2.75, 3.05) is 7.11 Å². The molecule has 2 heteroatoms. The van der Waals surface area contributed by atoms with Gasteiger partial charge in [-0.3, -0.25) is 4.79 Å². The van der Waals surface area contributed by atoms with Crippen LogP contribution in [-0.2, 0) is 17.6 Å². The van der Waals surface area contributed by atoms with Gasteiger partial charge in [0.25, 0.3) is 0 Å². The van der Waals surface area contributed by atoms with Gasteiger partial charge in [0, 0.05) is 18.4 Å². The maximum atomic E-state index is 12.2. The fourth-order valence-electron chi connectivity index (χ4n) is 2.27. The zero-order chi connectivity index (χ0) is 14.5. The Bertz CT molecular complexity index is 615. The first-order valence-corrected chi connectivity index (χ1v) is 6.80. The van der Waals surface area contributed by atoms with Gasteiger partial charge < -0.3 is 4.74 Å². The van der Waals surface area contributed by atoms with Crippen molar-refractivity contribution >= 4 is 5.78 Å². The van der Waals surface area contributed by atoms with E-state index < -0.39 is 0 Å². The summed E-state index contributed by atoms with van der Waals surface area (Å²) in [6.45, 7) is 4.15. The minimum absolute atomic E-state index is 0.206. The SMILES string of the molecule is COc1ccccc1CC(=O)Cc1ccc(C)c(C)c1. The van der Waals surface area contributed by atoms with Gasteiger partial charge in [0.05, 0.1) is 7.11 Å². The van der Waals surface area contributed by atoms with Gasteiger partial charge in [0.2, 0.25) is 0 Å². The Morgan fingerprint density at radius 2 is 1.75 bits per heavy atom. The molecule has 2 rings (SSSR count). The number of carbonyl (C=O) groups excluding carboxylic acids is 1. The Morgan fingerprint density at radius 1 is 1.00 bits per heavy atom. The Balaban J connectivity index is 2.07. The van der Waals surface area contributed by atoms with Crippen LogP contribution in [0.5, 0.6) is 5.75 Å². The molecule has 2 nitrogen and oxygen atoms in total. The maximum Gasteiger partial charge on any atom is 0.141 e. The van der Waals surface area contributed by atoms with Crippen LogP contribution >= 0.6 is 0 Å². The molecule has 104 valence electrons. The lowest BCUT2D eigenvalue weighted by Crippen LogP contribution is -2.08. The second kappa shape index (κ2) is 6.38. The largest absolute Gasteiger partial charge is 0.496 e. The summed E-state index contributed by atoms with van der Waals surface area (Å²) in [5.74, 6) is 0.985. The van der Waals surface area contributed by atoms with Crippen LogP contribution < -0.4 is 4.74 Å². The number of para-hydroxylation sites is 1. The first-order valence-electron chi connectivity index (χ1n) is 6.80. The van der Waals surface area contributed by atoms with E-state index in [0.29, 0.717) is 12.8 Å². The van der Waals surface area contributed by atoms with Crippen molar-refractivity contribution in [3.8, 4) is 5.75 Å². The summed E-state index contributed by atoms with van der Waals surface area (Å²) in [6, 6.07) is 13.9. The van der Waals surface area contributed by atoms with E-state index in [-0.39, 0.29) is 5.78 Å². The lowest BCUT2D eigenvalue weighted by Gasteiger charge is -2.08. The third-order valence-corrected chi connectivity index (χ3v) is 3.55. The number of aryl methyl sites for hydroxylation is 2. The number of benzene rings is 2. The molecule has 20 heavy (non-hydrogen) atoms. The lowest BCUT2D eigenvalue weighted by molar-refractivity contribution is -0.117. The van der Waals surface area contributed by atoms with Gasteiger partial charge in [-0.25, -0.2) is 0 Å². The van der Waals surface area contributed by atoms with Crippen LogP contribution in [0.25, 0.3) is 0 Å². The van der Waals surface area contributed by atoms with Crippen LogP contribution in [0.2, 0.25) is 0 Å². The molecule has 2 aromatic carbocycles. The fraction of sp³-hybridized carbons (Fsp3) is 0.278. The van der Waals surface area contributed by atoms with Crippen LogP contribution in [0.3, 0.4) is 0 Å². The highest BCUT2D eigenvalue weighted by atomic mass is 16.5. The molecule has 0 saturated carbocycles. The van der Waals surface area contributed by atoms with E-state index in [2.05, 4.69) is 26.0 Å². The van der Waals surface area contributed by atoms with Crippen molar-refractivity contribution < 1.29 is 9.53 Å². The molecular weight excluding hydrogens is 248 g/mol. The quantitative estimate of drug-likeness (QED) is 0.827. The van der Waals surface area contributed by atoms with Gasteiger partial charge in [-0.15, -0.1) is 0 Å². The topological polar surface area (TPSA) is 26.3 Å². The number of hydrogen-bond donors (Lipinski definition) is 0. The molecule has 0 bridgehead atoms. The molecule has 0 amide bonds. The summed E-state index contributed by atoms with van der Waals surface area (Å²) < 4.78 is 5.28. The molecule has 0 radical (unpaired) electrons. The molecule has 0 aliphatic carbocycles. The van der Waals surface area contributed by atoms with Crippen LogP contribution in [0.1, 0.15) is 22.3 Å². The molecule has 0 atom stereocenters. The molecule has 0 spiro atoms. The number of hydrogen-bond acceptors (Lipinski definition) is 2. The highest BCUT2D eigenvalue weighted by molar-refractivity contribution is 5.83. The zero-order valence-electron chi connectivity index (χ0n) is 12.3. The van der Waals surface area contributed by atoms with E-state index in [9.17, 15) is 4.79 Å². The number of methoxy groups -OCH3 is 1. The second-order valence-corrected chi connectivity index (χ2v) is 5.12. The third-order valence-electron chi connectivity index (χ3n) is 3.55. The Kier molecular flexibility index (Phi) is 4.57. The smallest absolute Gasteiger partial charge is 0.141 e. The average molecular weight is 268 g/mol. The van der Waals surface area contributed by atoms with Gasteiger partial charge >= 0.3 is 0 Å². The number of Topliss-reactive ketones (excluding diaryl/α,β-unsaturated/α-hetero) is 1. The first-order chi connectivity index (χ1) is 9.60. The Morgan fingerprint density at radius 3 is 2.45 bits per heavy atom. The van der Waals surface area contributed by atoms with Gasteiger partial charge in [0.15, 0.2) is 0 Å². The number of rotatable bonds is 5. The normalized spacial score (nSPS) is 10.3. The molecule has 0 N–H and O–H groups in total. The molecule has 0 aliphatic heterocycles. The van der Waals surface area contributed by atoms with E-state index in [1.807, 2.05) is 30.3 Å². The molecule has 0 unspecified atom stereocenters. The van der Waals surface area contributed by atoms with Crippen molar-refractivity contribution in [3.63, 3.8) is 0 Å². The molecule has 0 aromatic heterocycles. The van der Waals surface area contributed by atoms with Gasteiger partial charge in [-0.05, 0) is 36.6 Å². The number of ketones is 1. The van der Waals surface area contributed by atoms with Crippen LogP contribution in [0, 0.1) is 13.8 Å². The minimum atomic E-state index is 0.206. The molecule has 0 heterocycles. The van der Waals surface area contributed by atoms with Gasteiger partial charge in [0.1, 0.15) is 11.5 Å². The highest BCUT2D eigenvalue weighted by Gasteiger charge is 2.09. The van der Waals surface area contributed by atoms with E-state index in [1.165, 1.54) is 11.1 Å². The van der Waals surface area contributed by atoms with Gasteiger partial charge in [-0.2, -0.15) is 0 Å². The summed E-state index contributed by atoms with van der Waals surface area (Å²) in [5.41, 5.74) is 4.51. The number of carbonyl (C=O) groups is 1. The predicted molar refractivity (Wildman–Crippen MR) is 81.3 cm³/mol. The standard InChI is InChI=1S/C18H20O2/c1-13-8-9-15(10-14(13)2)11-17(19)12-16-6-4-5-7-18(16)20-3/h4-10H,11-12H2,1-3H3. The van der Waals surface area contributed by atoms with Crippen LogP contribution in [-0.4, -0.2) is 12.9 Å². The van der Waals surface area contributed by atoms with E-state index in [0.717, 1.165) is 16.9 Å². The summed E-state index contributed by atoms with van der Waals surface area (Å²) in [6.07, 6.45) is 0.885. The van der Waals surface area contributed by atoms with Crippen molar-refractivity contribution in [2.45, 2.75) is 26.7 Å². The summed E-state index contributed by atoms with van der Waals surface area (Å²) in [4.78, 5) is 12.2. The highest BCUT2D eigenvalue weighted by Crippen LogP contribution is 2.19. The first kappa shape index (κ1) is 14.3. The fourth-order valence-corrected chi connectivity index (χ4v) is 2.27. The Labute approximate surface area is 120 Å².